The summed E-state index contributed by atoms with van der Waals surface area (Å²) < 4.78 is 5.44. The first kappa shape index (κ1) is 19.0. The largest absolute Gasteiger partial charge is 0.378 e. The number of aromatic amines is 1. The first-order valence-electron chi connectivity index (χ1n) is 10.4. The lowest BCUT2D eigenvalue weighted by Crippen LogP contribution is -2.39. The lowest BCUT2D eigenvalue weighted by molar-refractivity contribution is 0.0915. The van der Waals surface area contributed by atoms with Gasteiger partial charge in [-0.25, -0.2) is 9.97 Å². The highest BCUT2D eigenvalue weighted by Gasteiger charge is 2.35. The molecule has 0 spiro atoms. The molecule has 1 amide bonds. The number of anilines is 1. The maximum atomic E-state index is 13.1. The molecule has 3 aromatic rings. The van der Waals surface area contributed by atoms with E-state index in [1.165, 1.54) is 0 Å². The molecule has 1 aromatic carbocycles. The number of ether oxygens (including phenoxy) is 1. The van der Waals surface area contributed by atoms with Gasteiger partial charge in [-0.3, -0.25) is 9.89 Å². The molecule has 0 unspecified atom stereocenters. The summed E-state index contributed by atoms with van der Waals surface area (Å²) in [5, 5.41) is 11.2. The van der Waals surface area contributed by atoms with Gasteiger partial charge in [-0.15, -0.1) is 0 Å². The van der Waals surface area contributed by atoms with E-state index in [0.717, 1.165) is 54.0 Å². The van der Waals surface area contributed by atoms with Gasteiger partial charge in [0.25, 0.3) is 5.91 Å². The average molecular weight is 406 g/mol. The number of rotatable bonds is 3. The zero-order chi connectivity index (χ0) is 20.7. The number of benzene rings is 1. The Labute approximate surface area is 175 Å². The van der Waals surface area contributed by atoms with Gasteiger partial charge in [0.2, 0.25) is 5.95 Å². The van der Waals surface area contributed by atoms with E-state index in [1.54, 1.807) is 0 Å². The SMILES string of the molecule is CC1(C)Cc2nc(N3CCOCC3)ncc2[C@@H](NC(=O)c2n[nH]c3ccccc23)C1. The molecule has 3 heterocycles. The van der Waals surface area contributed by atoms with Gasteiger partial charge >= 0.3 is 0 Å². The highest BCUT2D eigenvalue weighted by Crippen LogP contribution is 2.40. The molecule has 30 heavy (non-hydrogen) atoms. The van der Waals surface area contributed by atoms with Crippen molar-refractivity contribution in [1.29, 1.82) is 0 Å². The Kier molecular flexibility index (Phi) is 4.66. The Bertz CT molecular complexity index is 1090. The Morgan fingerprint density at radius 1 is 1.27 bits per heavy atom. The third-order valence-electron chi connectivity index (χ3n) is 5.95. The van der Waals surface area contributed by atoms with E-state index >= 15 is 0 Å². The van der Waals surface area contributed by atoms with Crippen molar-refractivity contribution in [3.05, 3.63) is 47.4 Å². The van der Waals surface area contributed by atoms with Gasteiger partial charge in [0.05, 0.1) is 30.5 Å². The van der Waals surface area contributed by atoms with Crippen LogP contribution >= 0.6 is 0 Å². The molecule has 1 fully saturated rings. The minimum absolute atomic E-state index is 0.0230. The predicted molar refractivity (Wildman–Crippen MR) is 113 cm³/mol. The molecule has 0 saturated carbocycles. The molecule has 1 saturated heterocycles. The smallest absolute Gasteiger partial charge is 0.272 e. The van der Waals surface area contributed by atoms with Crippen molar-refractivity contribution in [2.24, 2.45) is 5.41 Å². The number of hydrogen-bond donors (Lipinski definition) is 2. The minimum Gasteiger partial charge on any atom is -0.378 e. The standard InChI is InChI=1S/C22H26N6O2/c1-22(2)11-17(24-20(29)19-14-5-3-4-6-16(14)26-27-19)15-13-23-21(25-18(15)12-22)28-7-9-30-10-8-28/h3-6,13,17H,7-12H2,1-2H3,(H,24,29)(H,26,27)/t17-/m0/s1. The third kappa shape index (κ3) is 3.52. The first-order chi connectivity index (χ1) is 14.5. The van der Waals surface area contributed by atoms with Crippen molar-refractivity contribution in [3.63, 3.8) is 0 Å². The second-order valence-electron chi connectivity index (χ2n) is 8.86. The third-order valence-corrected chi connectivity index (χ3v) is 5.95. The number of aromatic nitrogens is 4. The summed E-state index contributed by atoms with van der Waals surface area (Å²) >= 11 is 0. The number of hydrogen-bond acceptors (Lipinski definition) is 6. The van der Waals surface area contributed by atoms with Crippen LogP contribution in [0.3, 0.4) is 0 Å². The van der Waals surface area contributed by atoms with Crippen LogP contribution < -0.4 is 10.2 Å². The fourth-order valence-electron chi connectivity index (χ4n) is 4.44. The second-order valence-corrected chi connectivity index (χ2v) is 8.86. The highest BCUT2D eigenvalue weighted by atomic mass is 16.5. The molecule has 156 valence electrons. The van der Waals surface area contributed by atoms with Gasteiger partial charge in [0.15, 0.2) is 5.69 Å². The lowest BCUT2D eigenvalue weighted by atomic mass is 9.74. The number of morpholine rings is 1. The van der Waals surface area contributed by atoms with Crippen LogP contribution in [0.15, 0.2) is 30.5 Å². The number of fused-ring (bicyclic) bond motifs is 2. The van der Waals surface area contributed by atoms with Gasteiger partial charge in [-0.2, -0.15) is 5.10 Å². The molecule has 2 aliphatic rings. The van der Waals surface area contributed by atoms with Crippen molar-refractivity contribution >= 4 is 22.8 Å². The van der Waals surface area contributed by atoms with E-state index in [0.29, 0.717) is 18.9 Å². The van der Waals surface area contributed by atoms with Crippen LogP contribution in [0.2, 0.25) is 0 Å². The number of amides is 1. The maximum Gasteiger partial charge on any atom is 0.272 e. The van der Waals surface area contributed by atoms with E-state index in [1.807, 2.05) is 30.5 Å². The molecule has 8 heteroatoms. The molecule has 8 nitrogen and oxygen atoms in total. The molecule has 2 N–H and O–H groups in total. The van der Waals surface area contributed by atoms with Gasteiger partial charge in [-0.05, 0) is 24.3 Å². The fourth-order valence-corrected chi connectivity index (χ4v) is 4.44. The zero-order valence-corrected chi connectivity index (χ0v) is 17.3. The summed E-state index contributed by atoms with van der Waals surface area (Å²) in [6, 6.07) is 7.51. The van der Waals surface area contributed by atoms with E-state index in [2.05, 4.69) is 39.2 Å². The van der Waals surface area contributed by atoms with Crippen molar-refractivity contribution in [2.45, 2.75) is 32.7 Å². The summed E-state index contributed by atoms with van der Waals surface area (Å²) in [5.74, 6) is 0.566. The molecule has 1 aliphatic heterocycles. The van der Waals surface area contributed by atoms with E-state index in [9.17, 15) is 4.79 Å². The number of para-hydroxylation sites is 1. The first-order valence-corrected chi connectivity index (χ1v) is 10.4. The van der Waals surface area contributed by atoms with Crippen LogP contribution in [0.25, 0.3) is 10.9 Å². The summed E-state index contributed by atoms with van der Waals surface area (Å²) in [7, 11) is 0. The monoisotopic (exact) mass is 406 g/mol. The molecule has 1 atom stereocenters. The van der Waals surface area contributed by atoms with Gasteiger partial charge < -0.3 is 15.0 Å². The Morgan fingerprint density at radius 2 is 2.07 bits per heavy atom. The molecule has 1 aliphatic carbocycles. The Balaban J connectivity index is 1.43. The molecule has 2 aromatic heterocycles. The molecule has 0 radical (unpaired) electrons. The second kappa shape index (κ2) is 7.36. The lowest BCUT2D eigenvalue weighted by Gasteiger charge is -2.37. The Morgan fingerprint density at radius 3 is 2.90 bits per heavy atom. The normalized spacial score (nSPS) is 20.7. The summed E-state index contributed by atoms with van der Waals surface area (Å²) in [6.45, 7) is 7.43. The highest BCUT2D eigenvalue weighted by molar-refractivity contribution is 6.04. The molecule has 5 rings (SSSR count). The number of carbonyl (C=O) groups is 1. The number of carbonyl (C=O) groups excluding carboxylic acids is 1. The van der Waals surface area contributed by atoms with Crippen molar-refractivity contribution in [2.75, 3.05) is 31.2 Å². The molecular weight excluding hydrogens is 380 g/mol. The Hall–Kier alpha value is -3.00. The van der Waals surface area contributed by atoms with E-state index in [-0.39, 0.29) is 17.4 Å². The zero-order valence-electron chi connectivity index (χ0n) is 17.3. The number of nitrogens with zero attached hydrogens (tertiary/aromatic N) is 4. The van der Waals surface area contributed by atoms with Crippen LogP contribution in [-0.2, 0) is 11.2 Å². The van der Waals surface area contributed by atoms with Crippen LogP contribution in [0.4, 0.5) is 5.95 Å². The number of H-pyrrole nitrogens is 1. The van der Waals surface area contributed by atoms with Crippen LogP contribution in [0.5, 0.6) is 0 Å². The number of nitrogens with one attached hydrogen (secondary N) is 2. The molecular formula is C22H26N6O2. The minimum atomic E-state index is -0.182. The maximum absolute atomic E-state index is 13.1. The van der Waals surface area contributed by atoms with Gasteiger partial charge in [0, 0.05) is 30.2 Å². The van der Waals surface area contributed by atoms with Gasteiger partial charge in [-0.1, -0.05) is 32.0 Å². The topological polar surface area (TPSA) is 96.0 Å². The summed E-state index contributed by atoms with van der Waals surface area (Å²) in [5.41, 5.74) is 3.31. The van der Waals surface area contributed by atoms with Crippen molar-refractivity contribution in [3.8, 4) is 0 Å². The predicted octanol–water partition coefficient (Wildman–Crippen LogP) is 2.63. The van der Waals surface area contributed by atoms with Crippen molar-refractivity contribution in [1.82, 2.24) is 25.5 Å². The van der Waals surface area contributed by atoms with Crippen LogP contribution in [-0.4, -0.2) is 52.4 Å². The van der Waals surface area contributed by atoms with Gasteiger partial charge in [0.1, 0.15) is 0 Å². The van der Waals surface area contributed by atoms with Crippen LogP contribution in [0.1, 0.15) is 48.1 Å². The average Bonchev–Trinajstić information content (AvgIpc) is 3.17. The summed E-state index contributed by atoms with van der Waals surface area (Å²) in [6.07, 6.45) is 3.57. The quantitative estimate of drug-likeness (QED) is 0.694. The fraction of sp³-hybridized carbons (Fsp3) is 0.455. The van der Waals surface area contributed by atoms with E-state index < -0.39 is 0 Å². The van der Waals surface area contributed by atoms with Crippen molar-refractivity contribution < 1.29 is 9.53 Å². The summed E-state index contributed by atoms with van der Waals surface area (Å²) in [4.78, 5) is 24.7. The molecule has 0 bridgehead atoms. The van der Waals surface area contributed by atoms with Crippen LogP contribution in [0, 0.1) is 5.41 Å². The van der Waals surface area contributed by atoms with E-state index in [4.69, 9.17) is 9.72 Å².